The van der Waals surface area contributed by atoms with Crippen molar-refractivity contribution in [3.05, 3.63) is 64.3 Å². The molecule has 0 saturated carbocycles. The minimum absolute atomic E-state index is 0.104. The minimum Gasteiger partial charge on any atom is -0.355 e. The molecule has 2 N–H and O–H groups in total. The zero-order chi connectivity index (χ0) is 17.1. The first-order valence-corrected chi connectivity index (χ1v) is 9.83. The third-order valence-electron chi connectivity index (χ3n) is 4.78. The summed E-state index contributed by atoms with van der Waals surface area (Å²) < 4.78 is 0. The van der Waals surface area contributed by atoms with E-state index in [1.54, 1.807) is 0 Å². The molecular weight excluding hydrogens is 332 g/mol. The predicted octanol–water partition coefficient (Wildman–Crippen LogP) is 3.01. The first kappa shape index (κ1) is 16.4. The van der Waals surface area contributed by atoms with Crippen molar-refractivity contribution in [2.75, 3.05) is 18.8 Å². The second-order valence-corrected chi connectivity index (χ2v) is 7.69. The smallest absolute Gasteiger partial charge is 0.275 e. The van der Waals surface area contributed by atoms with Gasteiger partial charge in [-0.3, -0.25) is 9.69 Å². The monoisotopic (exact) mass is 354 g/mol. The average molecular weight is 354 g/mol. The molecule has 1 aliphatic rings. The van der Waals surface area contributed by atoms with Crippen LogP contribution in [0.25, 0.3) is 11.0 Å². The number of benzene rings is 1. The van der Waals surface area contributed by atoms with Crippen LogP contribution >= 0.6 is 11.8 Å². The fraction of sp³-hybridized carbons (Fsp3) is 0.368. The molecule has 5 nitrogen and oxygen atoms in total. The molecule has 0 bridgehead atoms. The maximum Gasteiger partial charge on any atom is 0.275 e. The van der Waals surface area contributed by atoms with Gasteiger partial charge in [-0.2, -0.15) is 11.8 Å². The highest BCUT2D eigenvalue weighted by atomic mass is 32.2. The Labute approximate surface area is 150 Å². The topological polar surface area (TPSA) is 64.8 Å². The molecule has 1 aromatic carbocycles. The predicted molar refractivity (Wildman–Crippen MR) is 103 cm³/mol. The van der Waals surface area contributed by atoms with Crippen molar-refractivity contribution >= 4 is 22.8 Å². The summed E-state index contributed by atoms with van der Waals surface area (Å²) in [6, 6.07) is 10.7. The third-order valence-corrected chi connectivity index (χ3v) is 6.02. The summed E-state index contributed by atoms with van der Waals surface area (Å²) in [7, 11) is 0. The van der Waals surface area contributed by atoms with E-state index in [2.05, 4.69) is 50.2 Å². The summed E-state index contributed by atoms with van der Waals surface area (Å²) in [5, 5.41) is 0. The minimum atomic E-state index is -0.104. The van der Waals surface area contributed by atoms with Gasteiger partial charge >= 0.3 is 0 Å². The molecule has 0 spiro atoms. The van der Waals surface area contributed by atoms with Crippen molar-refractivity contribution in [2.45, 2.75) is 18.7 Å². The van der Waals surface area contributed by atoms with Crippen molar-refractivity contribution in [3.8, 4) is 0 Å². The number of nitrogens with one attached hydrogen (secondary N) is 2. The van der Waals surface area contributed by atoms with Gasteiger partial charge in [0.25, 0.3) is 5.56 Å². The fourth-order valence-electron chi connectivity index (χ4n) is 3.48. The van der Waals surface area contributed by atoms with E-state index >= 15 is 0 Å². The fourth-order valence-corrected chi connectivity index (χ4v) is 4.63. The number of aromatic nitrogens is 3. The van der Waals surface area contributed by atoms with Crippen LogP contribution in [0.3, 0.4) is 0 Å². The lowest BCUT2D eigenvalue weighted by atomic mass is 10.2. The average Bonchev–Trinajstić information content (AvgIpc) is 3.25. The Morgan fingerprint density at radius 2 is 2.12 bits per heavy atom. The van der Waals surface area contributed by atoms with Crippen LogP contribution in [0.4, 0.5) is 0 Å². The summed E-state index contributed by atoms with van der Waals surface area (Å²) in [5.74, 6) is 3.04. The number of hydrogen-bond acceptors (Lipinski definition) is 4. The van der Waals surface area contributed by atoms with Gasteiger partial charge in [-0.05, 0) is 30.2 Å². The van der Waals surface area contributed by atoms with Crippen LogP contribution in [-0.4, -0.2) is 38.7 Å². The van der Waals surface area contributed by atoms with Crippen LogP contribution in [0.5, 0.6) is 0 Å². The van der Waals surface area contributed by atoms with E-state index in [0.29, 0.717) is 5.52 Å². The van der Waals surface area contributed by atoms with Gasteiger partial charge in [0.2, 0.25) is 0 Å². The summed E-state index contributed by atoms with van der Waals surface area (Å²) in [4.78, 5) is 24.2. The van der Waals surface area contributed by atoms with Gasteiger partial charge in [0.1, 0.15) is 5.52 Å². The molecule has 1 aliphatic heterocycles. The third kappa shape index (κ3) is 3.80. The van der Waals surface area contributed by atoms with E-state index in [-0.39, 0.29) is 5.56 Å². The molecule has 4 rings (SSSR count). The second-order valence-electron chi connectivity index (χ2n) is 6.66. The molecule has 1 atom stereocenters. The highest BCUT2D eigenvalue weighted by Gasteiger charge is 2.23. The zero-order valence-corrected chi connectivity index (χ0v) is 14.9. The lowest BCUT2D eigenvalue weighted by Gasteiger charge is -2.15. The summed E-state index contributed by atoms with van der Waals surface area (Å²) in [6.07, 6.45) is 4.65. The quantitative estimate of drug-likeness (QED) is 0.714. The van der Waals surface area contributed by atoms with E-state index in [4.69, 9.17) is 0 Å². The Hall–Kier alpha value is -2.05. The van der Waals surface area contributed by atoms with Crippen LogP contribution in [0, 0.1) is 5.92 Å². The van der Waals surface area contributed by atoms with Crippen molar-refractivity contribution in [3.63, 3.8) is 0 Å². The number of hydrogen-bond donors (Lipinski definition) is 2. The lowest BCUT2D eigenvalue weighted by molar-refractivity contribution is 0.322. The van der Waals surface area contributed by atoms with Crippen molar-refractivity contribution < 1.29 is 0 Å². The van der Waals surface area contributed by atoms with Crippen LogP contribution in [0.1, 0.15) is 17.5 Å². The molecule has 0 unspecified atom stereocenters. The van der Waals surface area contributed by atoms with Gasteiger partial charge in [0.15, 0.2) is 0 Å². The Kier molecular flexibility index (Phi) is 4.90. The normalized spacial score (nSPS) is 18.2. The maximum absolute atomic E-state index is 11.8. The Balaban J connectivity index is 1.30. The molecule has 130 valence electrons. The number of nitrogens with zero attached hydrogens (tertiary/aromatic N) is 2. The van der Waals surface area contributed by atoms with Gasteiger partial charge < -0.3 is 9.97 Å². The molecule has 3 heterocycles. The molecule has 0 radical (unpaired) electrons. The number of fused-ring (bicyclic) bond motifs is 1. The highest BCUT2D eigenvalue weighted by molar-refractivity contribution is 7.98. The largest absolute Gasteiger partial charge is 0.355 e. The van der Waals surface area contributed by atoms with E-state index in [0.717, 1.165) is 42.4 Å². The van der Waals surface area contributed by atoms with Crippen molar-refractivity contribution in [1.29, 1.82) is 0 Å². The highest BCUT2D eigenvalue weighted by Crippen LogP contribution is 2.25. The number of likely N-dealkylation sites (tertiary alicyclic amines) is 1. The first-order valence-electron chi connectivity index (χ1n) is 8.67. The van der Waals surface area contributed by atoms with Crippen LogP contribution in [0.2, 0.25) is 0 Å². The Morgan fingerprint density at radius 1 is 1.24 bits per heavy atom. The summed E-state index contributed by atoms with van der Waals surface area (Å²) in [6.45, 7) is 3.10. The molecule has 3 aromatic rings. The SMILES string of the molecule is O=c1[nH]cnc2c(CN3CC[C@@H](CSCc4ccccc4)C3)c[nH]c12. The number of H-pyrrole nitrogens is 2. The number of thioether (sulfide) groups is 1. The molecular formula is C19H22N4OS. The van der Waals surface area contributed by atoms with E-state index in [9.17, 15) is 4.79 Å². The Morgan fingerprint density at radius 3 is 3.00 bits per heavy atom. The van der Waals surface area contributed by atoms with Crippen LogP contribution < -0.4 is 5.56 Å². The van der Waals surface area contributed by atoms with Crippen molar-refractivity contribution in [2.24, 2.45) is 5.92 Å². The Bertz CT molecular complexity index is 889. The maximum atomic E-state index is 11.8. The van der Waals surface area contributed by atoms with E-state index < -0.39 is 0 Å². The summed E-state index contributed by atoms with van der Waals surface area (Å²) in [5.41, 5.74) is 3.78. The van der Waals surface area contributed by atoms with E-state index in [1.165, 1.54) is 24.1 Å². The van der Waals surface area contributed by atoms with Gasteiger partial charge in [0.05, 0.1) is 11.8 Å². The molecule has 6 heteroatoms. The second kappa shape index (κ2) is 7.45. The first-order chi connectivity index (χ1) is 12.3. The standard InChI is InChI=1S/C19H22N4OS/c24-19-18-17(21-13-22-19)16(8-20-18)10-23-7-6-15(9-23)12-25-11-14-4-2-1-3-5-14/h1-5,8,13,15,20H,6-7,9-12H2,(H,21,22,24)/t15-/m1/s1. The molecule has 25 heavy (non-hydrogen) atoms. The number of aromatic amines is 2. The van der Waals surface area contributed by atoms with E-state index in [1.807, 2.05) is 18.0 Å². The molecule has 1 fully saturated rings. The van der Waals surface area contributed by atoms with Crippen molar-refractivity contribution in [1.82, 2.24) is 19.9 Å². The van der Waals surface area contributed by atoms with Gasteiger partial charge in [-0.15, -0.1) is 0 Å². The molecule has 1 saturated heterocycles. The van der Waals surface area contributed by atoms with Gasteiger partial charge in [-0.25, -0.2) is 4.98 Å². The van der Waals surface area contributed by atoms with Crippen LogP contribution in [-0.2, 0) is 12.3 Å². The van der Waals surface area contributed by atoms with Crippen LogP contribution in [0.15, 0.2) is 47.7 Å². The zero-order valence-electron chi connectivity index (χ0n) is 14.1. The van der Waals surface area contributed by atoms with Gasteiger partial charge in [-0.1, -0.05) is 30.3 Å². The van der Waals surface area contributed by atoms with Gasteiger partial charge in [0, 0.05) is 30.6 Å². The summed E-state index contributed by atoms with van der Waals surface area (Å²) >= 11 is 2.03. The number of rotatable bonds is 6. The molecule has 0 aliphatic carbocycles. The molecule has 2 aromatic heterocycles. The lowest BCUT2D eigenvalue weighted by Crippen LogP contribution is -2.20. The molecule has 0 amide bonds.